The summed E-state index contributed by atoms with van der Waals surface area (Å²) in [5.41, 5.74) is 6.85. The van der Waals surface area contributed by atoms with Gasteiger partial charge in [-0.25, -0.2) is 0 Å². The minimum absolute atomic E-state index is 0.222. The van der Waals surface area contributed by atoms with Crippen LogP contribution in [0.5, 0.6) is 0 Å². The van der Waals surface area contributed by atoms with Crippen molar-refractivity contribution in [1.29, 1.82) is 0 Å². The Hall–Kier alpha value is -1.59. The number of nitrogens with two attached hydrogens (primary N) is 1. The van der Waals surface area contributed by atoms with E-state index in [9.17, 15) is 0 Å². The molecule has 2 N–H and O–H groups in total. The van der Waals surface area contributed by atoms with Crippen LogP contribution in [-0.4, -0.2) is 17.3 Å². The van der Waals surface area contributed by atoms with Crippen molar-refractivity contribution in [3.63, 3.8) is 0 Å². The highest BCUT2D eigenvalue weighted by Gasteiger charge is 2.16. The van der Waals surface area contributed by atoms with Crippen LogP contribution >= 0.6 is 11.6 Å². The SMILES string of the molecule is COC(C)c1noc(-c2ccc(N)cc2Cl)n1. The Morgan fingerprint density at radius 3 is 2.88 bits per heavy atom. The van der Waals surface area contributed by atoms with E-state index in [2.05, 4.69) is 10.1 Å². The summed E-state index contributed by atoms with van der Waals surface area (Å²) in [6.07, 6.45) is -0.222. The van der Waals surface area contributed by atoms with E-state index >= 15 is 0 Å². The summed E-state index contributed by atoms with van der Waals surface area (Å²) in [5.74, 6) is 0.837. The number of ether oxygens (including phenoxy) is 1. The molecule has 2 aromatic rings. The first-order valence-electron chi connectivity index (χ1n) is 5.03. The van der Waals surface area contributed by atoms with Crippen LogP contribution < -0.4 is 5.73 Å². The van der Waals surface area contributed by atoms with Crippen molar-refractivity contribution in [2.24, 2.45) is 0 Å². The number of hydrogen-bond donors (Lipinski definition) is 1. The first kappa shape index (κ1) is 11.9. The smallest absolute Gasteiger partial charge is 0.259 e. The predicted molar refractivity (Wildman–Crippen MR) is 64.6 cm³/mol. The molecule has 0 saturated carbocycles. The fraction of sp³-hybridized carbons (Fsp3) is 0.273. The molecule has 0 bridgehead atoms. The predicted octanol–water partition coefficient (Wildman–Crippen LogP) is 2.68. The number of hydrogen-bond acceptors (Lipinski definition) is 5. The monoisotopic (exact) mass is 253 g/mol. The Labute approximate surface area is 104 Å². The van der Waals surface area contributed by atoms with Crippen molar-refractivity contribution < 1.29 is 9.26 Å². The molecule has 6 heteroatoms. The number of anilines is 1. The highest BCUT2D eigenvalue weighted by molar-refractivity contribution is 6.33. The molecule has 0 radical (unpaired) electrons. The van der Waals surface area contributed by atoms with Crippen LogP contribution in [0.1, 0.15) is 18.9 Å². The zero-order valence-electron chi connectivity index (χ0n) is 9.48. The summed E-state index contributed by atoms with van der Waals surface area (Å²) in [6, 6.07) is 5.11. The average Bonchev–Trinajstić information content (AvgIpc) is 2.77. The molecule has 0 spiro atoms. The first-order valence-corrected chi connectivity index (χ1v) is 5.41. The van der Waals surface area contributed by atoms with E-state index in [0.29, 0.717) is 28.0 Å². The Bertz CT molecular complexity index is 527. The zero-order chi connectivity index (χ0) is 12.4. The zero-order valence-corrected chi connectivity index (χ0v) is 10.2. The fourth-order valence-electron chi connectivity index (χ4n) is 1.32. The molecule has 0 aliphatic carbocycles. The molecular formula is C11H12ClN3O2. The van der Waals surface area contributed by atoms with Crippen LogP contribution in [0, 0.1) is 0 Å². The fourth-order valence-corrected chi connectivity index (χ4v) is 1.59. The molecule has 0 aliphatic rings. The van der Waals surface area contributed by atoms with Crippen molar-refractivity contribution >= 4 is 17.3 Å². The Morgan fingerprint density at radius 2 is 2.24 bits per heavy atom. The lowest BCUT2D eigenvalue weighted by Gasteiger charge is -2.01. The van der Waals surface area contributed by atoms with Gasteiger partial charge in [-0.1, -0.05) is 16.8 Å². The summed E-state index contributed by atoms with van der Waals surface area (Å²) >= 11 is 6.05. The molecule has 90 valence electrons. The van der Waals surface area contributed by atoms with Crippen molar-refractivity contribution in [3.05, 3.63) is 29.0 Å². The third-order valence-corrected chi connectivity index (χ3v) is 2.70. The molecule has 0 aliphatic heterocycles. The highest BCUT2D eigenvalue weighted by atomic mass is 35.5. The van der Waals surface area contributed by atoms with Crippen LogP contribution in [0.3, 0.4) is 0 Å². The lowest BCUT2D eigenvalue weighted by Crippen LogP contribution is -1.97. The van der Waals surface area contributed by atoms with Gasteiger partial charge in [-0.2, -0.15) is 4.98 Å². The maximum Gasteiger partial charge on any atom is 0.259 e. The van der Waals surface area contributed by atoms with Crippen molar-refractivity contribution in [1.82, 2.24) is 10.1 Å². The van der Waals surface area contributed by atoms with Crippen LogP contribution in [0.15, 0.2) is 22.7 Å². The van der Waals surface area contributed by atoms with Crippen LogP contribution in [0.2, 0.25) is 5.02 Å². The number of methoxy groups -OCH3 is 1. The summed E-state index contributed by atoms with van der Waals surface area (Å²) in [5, 5.41) is 4.30. The molecule has 2 rings (SSSR count). The molecule has 0 fully saturated rings. The lowest BCUT2D eigenvalue weighted by molar-refractivity contribution is 0.109. The third kappa shape index (κ3) is 2.40. The van der Waals surface area contributed by atoms with E-state index in [0.717, 1.165) is 0 Å². The van der Waals surface area contributed by atoms with E-state index in [1.165, 1.54) is 0 Å². The van der Waals surface area contributed by atoms with Gasteiger partial charge in [0, 0.05) is 12.8 Å². The van der Waals surface area contributed by atoms with Gasteiger partial charge in [0.15, 0.2) is 0 Å². The minimum Gasteiger partial charge on any atom is -0.399 e. The molecule has 0 amide bonds. The van der Waals surface area contributed by atoms with Gasteiger partial charge in [-0.15, -0.1) is 0 Å². The molecule has 17 heavy (non-hydrogen) atoms. The molecule has 1 unspecified atom stereocenters. The number of rotatable bonds is 3. The number of nitrogen functional groups attached to an aromatic ring is 1. The molecule has 0 saturated heterocycles. The van der Waals surface area contributed by atoms with Crippen LogP contribution in [-0.2, 0) is 4.74 Å². The second kappa shape index (κ2) is 4.73. The van der Waals surface area contributed by atoms with Gasteiger partial charge in [0.05, 0.1) is 10.6 Å². The number of benzene rings is 1. The first-order chi connectivity index (χ1) is 8.11. The van der Waals surface area contributed by atoms with Crippen molar-refractivity contribution in [3.8, 4) is 11.5 Å². The van der Waals surface area contributed by atoms with E-state index in [4.69, 9.17) is 26.6 Å². The highest BCUT2D eigenvalue weighted by Crippen LogP contribution is 2.29. The van der Waals surface area contributed by atoms with E-state index < -0.39 is 0 Å². The van der Waals surface area contributed by atoms with Gasteiger partial charge in [-0.3, -0.25) is 0 Å². The maximum atomic E-state index is 6.05. The molecule has 1 heterocycles. The molecule has 1 aromatic heterocycles. The second-order valence-electron chi connectivity index (χ2n) is 3.57. The third-order valence-electron chi connectivity index (χ3n) is 2.38. The van der Waals surface area contributed by atoms with Gasteiger partial charge in [0.25, 0.3) is 5.89 Å². The number of nitrogens with zero attached hydrogens (tertiary/aromatic N) is 2. The minimum atomic E-state index is -0.222. The number of halogens is 1. The van der Waals surface area contributed by atoms with Crippen molar-refractivity contribution in [2.75, 3.05) is 12.8 Å². The maximum absolute atomic E-state index is 6.05. The summed E-state index contributed by atoms with van der Waals surface area (Å²) in [6.45, 7) is 1.83. The molecule has 1 atom stereocenters. The quantitative estimate of drug-likeness (QED) is 0.852. The number of aromatic nitrogens is 2. The normalized spacial score (nSPS) is 12.6. The van der Waals surface area contributed by atoms with Gasteiger partial charge in [-0.05, 0) is 25.1 Å². The Balaban J connectivity index is 2.37. The van der Waals surface area contributed by atoms with Crippen LogP contribution in [0.4, 0.5) is 5.69 Å². The van der Waals surface area contributed by atoms with Gasteiger partial charge >= 0.3 is 0 Å². The van der Waals surface area contributed by atoms with E-state index in [-0.39, 0.29) is 6.10 Å². The average molecular weight is 254 g/mol. The largest absolute Gasteiger partial charge is 0.399 e. The van der Waals surface area contributed by atoms with E-state index in [1.807, 2.05) is 6.92 Å². The molecule has 1 aromatic carbocycles. The lowest BCUT2D eigenvalue weighted by atomic mass is 10.2. The summed E-state index contributed by atoms with van der Waals surface area (Å²) in [7, 11) is 1.58. The Kier molecular flexibility index (Phi) is 3.31. The van der Waals surface area contributed by atoms with E-state index in [1.54, 1.807) is 25.3 Å². The summed E-state index contributed by atoms with van der Waals surface area (Å²) in [4.78, 5) is 4.21. The van der Waals surface area contributed by atoms with Gasteiger partial charge in [0.2, 0.25) is 5.82 Å². The van der Waals surface area contributed by atoms with Crippen molar-refractivity contribution in [2.45, 2.75) is 13.0 Å². The summed E-state index contributed by atoms with van der Waals surface area (Å²) < 4.78 is 10.2. The van der Waals surface area contributed by atoms with Gasteiger partial charge < -0.3 is 15.0 Å². The molecule has 5 nitrogen and oxygen atoms in total. The van der Waals surface area contributed by atoms with Crippen LogP contribution in [0.25, 0.3) is 11.5 Å². The molecular weight excluding hydrogens is 242 g/mol. The standard InChI is InChI=1S/C11H12ClN3O2/c1-6(16-2)10-14-11(17-15-10)8-4-3-7(13)5-9(8)12/h3-6H,13H2,1-2H3. The second-order valence-corrected chi connectivity index (χ2v) is 3.98. The topological polar surface area (TPSA) is 74.2 Å². The Morgan fingerprint density at radius 1 is 1.47 bits per heavy atom. The van der Waals surface area contributed by atoms with Gasteiger partial charge in [0.1, 0.15) is 6.10 Å².